The molecule has 14 heteroatoms. The summed E-state index contributed by atoms with van der Waals surface area (Å²) in [6.45, 7) is 3.73. The summed E-state index contributed by atoms with van der Waals surface area (Å²) in [6, 6.07) is -1.24. The van der Waals surface area contributed by atoms with Crippen LogP contribution in [-0.2, 0) is 18.4 Å². The Bertz CT molecular complexity index is 1160. The number of hydrogen-bond acceptors (Lipinski definition) is 11. The summed E-state index contributed by atoms with van der Waals surface area (Å²) in [7, 11) is -5.14. The number of amides is 1. The lowest BCUT2D eigenvalue weighted by Crippen LogP contribution is -2.64. The number of nitrogens with one attached hydrogen (secondary N) is 1. The monoisotopic (exact) mass is 906 g/mol. The van der Waals surface area contributed by atoms with Gasteiger partial charge in [0.1, 0.15) is 36.6 Å². The third-order valence-electron chi connectivity index (χ3n) is 12.0. The Kier molecular flexibility index (Phi) is 36.0. The van der Waals surface area contributed by atoms with E-state index in [9.17, 15) is 50.0 Å². The van der Waals surface area contributed by atoms with Gasteiger partial charge in [0.05, 0.1) is 31.3 Å². The molecule has 0 spiro atoms. The van der Waals surface area contributed by atoms with Crippen molar-refractivity contribution < 1.29 is 59.0 Å². The Hall–Kier alpha value is -1.22. The van der Waals surface area contributed by atoms with Crippen molar-refractivity contribution in [2.45, 2.75) is 268 Å². The van der Waals surface area contributed by atoms with Gasteiger partial charge < -0.3 is 46.0 Å². The molecule has 1 saturated carbocycles. The lowest BCUT2D eigenvalue weighted by Gasteiger charge is -2.41. The summed E-state index contributed by atoms with van der Waals surface area (Å²) < 4.78 is 22.9. The fourth-order valence-corrected chi connectivity index (χ4v) is 8.91. The molecular weight excluding hydrogens is 813 g/mol. The molecule has 9 N–H and O–H groups in total. The zero-order valence-electron chi connectivity index (χ0n) is 38.8. The first-order valence-electron chi connectivity index (χ1n) is 24.9. The Morgan fingerprint density at radius 3 is 1.37 bits per heavy atom. The highest BCUT2D eigenvalue weighted by atomic mass is 31.2. The molecule has 1 rings (SSSR count). The van der Waals surface area contributed by atoms with E-state index in [1.807, 2.05) is 0 Å². The normalized spacial score (nSPS) is 23.2. The van der Waals surface area contributed by atoms with Crippen LogP contribution in [0.4, 0.5) is 0 Å². The number of hydrogen-bond donors (Lipinski definition) is 9. The molecule has 62 heavy (non-hydrogen) atoms. The summed E-state index contributed by atoms with van der Waals surface area (Å²) in [6.07, 6.45) is 28.4. The predicted molar refractivity (Wildman–Crippen MR) is 247 cm³/mol. The van der Waals surface area contributed by atoms with Crippen molar-refractivity contribution >= 4 is 13.7 Å². The number of carbonyl (C=O) groups excluding carboxylic acids is 1. The smallest absolute Gasteiger partial charge is 0.393 e. The van der Waals surface area contributed by atoms with E-state index in [-0.39, 0.29) is 6.42 Å². The Morgan fingerprint density at radius 1 is 0.565 bits per heavy atom. The number of rotatable bonds is 41. The predicted octanol–water partition coefficient (Wildman–Crippen LogP) is 8.76. The van der Waals surface area contributed by atoms with Gasteiger partial charge >= 0.3 is 7.82 Å². The Balaban J connectivity index is 2.46. The number of carbonyl (C=O) groups is 1. The van der Waals surface area contributed by atoms with Crippen LogP contribution in [0.5, 0.6) is 0 Å². The SMILES string of the molecule is CCCCCCCCCCCC/C=C/C(O)C(COP(=O)(O)OC1C(O)C(O)C(O)C(O)C1O)NC(=O)CC(O)CCCCCCC/C=C\CCCCCCCCCCCCC. The second kappa shape index (κ2) is 37.9. The van der Waals surface area contributed by atoms with E-state index in [0.717, 1.165) is 64.2 Å². The number of phosphoric acid groups is 1. The molecule has 8 unspecified atom stereocenters. The third-order valence-corrected chi connectivity index (χ3v) is 13.0. The highest BCUT2D eigenvalue weighted by Crippen LogP contribution is 2.47. The average Bonchev–Trinajstić information content (AvgIpc) is 3.24. The molecule has 366 valence electrons. The van der Waals surface area contributed by atoms with Crippen molar-refractivity contribution in [3.8, 4) is 0 Å². The van der Waals surface area contributed by atoms with Crippen LogP contribution in [0.2, 0.25) is 0 Å². The molecule has 1 amide bonds. The second-order valence-electron chi connectivity index (χ2n) is 17.8. The summed E-state index contributed by atoms with van der Waals surface area (Å²) in [4.78, 5) is 23.4. The minimum Gasteiger partial charge on any atom is -0.393 e. The van der Waals surface area contributed by atoms with E-state index >= 15 is 0 Å². The summed E-state index contributed by atoms with van der Waals surface area (Å²) in [5.41, 5.74) is 0. The first kappa shape index (κ1) is 58.8. The van der Waals surface area contributed by atoms with Crippen LogP contribution in [0.15, 0.2) is 24.3 Å². The number of phosphoric ester groups is 1. The van der Waals surface area contributed by atoms with Crippen molar-refractivity contribution in [3.05, 3.63) is 24.3 Å². The largest absolute Gasteiger partial charge is 0.472 e. The Morgan fingerprint density at radius 2 is 0.935 bits per heavy atom. The highest BCUT2D eigenvalue weighted by Gasteiger charge is 2.51. The van der Waals surface area contributed by atoms with Gasteiger partial charge in [-0.15, -0.1) is 0 Å². The zero-order chi connectivity index (χ0) is 45.9. The van der Waals surface area contributed by atoms with Crippen molar-refractivity contribution in [1.29, 1.82) is 0 Å². The van der Waals surface area contributed by atoms with E-state index in [2.05, 4.69) is 31.3 Å². The maximum absolute atomic E-state index is 13.0. The van der Waals surface area contributed by atoms with Crippen LogP contribution in [0.3, 0.4) is 0 Å². The van der Waals surface area contributed by atoms with Crippen LogP contribution in [0, 0.1) is 0 Å². The number of allylic oxidation sites excluding steroid dienone is 3. The zero-order valence-corrected chi connectivity index (χ0v) is 39.7. The fraction of sp³-hybridized carbons (Fsp3) is 0.896. The number of aliphatic hydroxyl groups excluding tert-OH is 7. The molecule has 0 aromatic carbocycles. The van der Waals surface area contributed by atoms with E-state index < -0.39 is 75.2 Å². The van der Waals surface area contributed by atoms with Gasteiger partial charge in [-0.25, -0.2) is 4.57 Å². The molecule has 0 saturated heterocycles. The summed E-state index contributed by atoms with van der Waals surface area (Å²) in [5, 5.41) is 74.5. The lowest BCUT2D eigenvalue weighted by molar-refractivity contribution is -0.220. The van der Waals surface area contributed by atoms with Crippen LogP contribution in [0.25, 0.3) is 0 Å². The average molecular weight is 906 g/mol. The topological polar surface area (TPSA) is 226 Å². The lowest BCUT2D eigenvalue weighted by atomic mass is 9.85. The molecule has 0 aliphatic heterocycles. The standard InChI is InChI=1S/C48H92NO12P/c1-3-5-7-9-11-13-15-17-18-19-20-21-22-23-24-25-27-29-31-33-35-39(50)37-42(52)49-40(41(51)36-34-32-30-28-26-16-14-12-10-8-6-4-2)38-60-62(58,59)61-48-46(56)44(54)43(53)45(55)47(48)57/h22-23,34,36,39-41,43-48,50-51,53-57H,3-21,24-33,35,37-38H2,1-2H3,(H,49,52)(H,58,59)/b23-22-,36-34+. The summed E-state index contributed by atoms with van der Waals surface area (Å²) >= 11 is 0. The van der Waals surface area contributed by atoms with Gasteiger partial charge in [-0.05, 0) is 44.9 Å². The molecule has 0 aromatic rings. The van der Waals surface area contributed by atoms with Crippen LogP contribution >= 0.6 is 7.82 Å². The van der Waals surface area contributed by atoms with Gasteiger partial charge in [0.2, 0.25) is 5.91 Å². The molecule has 13 nitrogen and oxygen atoms in total. The van der Waals surface area contributed by atoms with Crippen LogP contribution in [-0.4, -0.2) is 108 Å². The molecule has 1 aliphatic carbocycles. The molecule has 0 radical (unpaired) electrons. The summed E-state index contributed by atoms with van der Waals surface area (Å²) in [5.74, 6) is -0.597. The molecule has 0 bridgehead atoms. The van der Waals surface area contributed by atoms with Crippen molar-refractivity contribution in [1.82, 2.24) is 5.32 Å². The Labute approximate surface area is 375 Å². The highest BCUT2D eigenvalue weighted by molar-refractivity contribution is 7.47. The molecule has 8 atom stereocenters. The molecule has 1 fully saturated rings. The molecule has 1 aliphatic rings. The molecular formula is C48H92NO12P. The van der Waals surface area contributed by atoms with Crippen LogP contribution < -0.4 is 5.32 Å². The van der Waals surface area contributed by atoms with E-state index in [1.54, 1.807) is 6.08 Å². The maximum atomic E-state index is 13.0. The maximum Gasteiger partial charge on any atom is 0.472 e. The first-order chi connectivity index (χ1) is 29.8. The second-order valence-corrected chi connectivity index (χ2v) is 19.3. The van der Waals surface area contributed by atoms with E-state index in [4.69, 9.17) is 9.05 Å². The first-order valence-corrected chi connectivity index (χ1v) is 26.4. The molecule has 0 heterocycles. The van der Waals surface area contributed by atoms with Gasteiger partial charge in [0.25, 0.3) is 0 Å². The van der Waals surface area contributed by atoms with Crippen molar-refractivity contribution in [2.24, 2.45) is 0 Å². The quantitative estimate of drug-likeness (QED) is 0.0159. The van der Waals surface area contributed by atoms with Crippen molar-refractivity contribution in [3.63, 3.8) is 0 Å². The number of unbranched alkanes of at least 4 members (excludes halogenated alkanes) is 26. The van der Waals surface area contributed by atoms with Gasteiger partial charge in [-0.2, -0.15) is 0 Å². The minimum absolute atomic E-state index is 0.249. The number of aliphatic hydroxyl groups is 7. The van der Waals surface area contributed by atoms with Gasteiger partial charge in [-0.1, -0.05) is 186 Å². The van der Waals surface area contributed by atoms with Crippen LogP contribution in [0.1, 0.15) is 213 Å². The van der Waals surface area contributed by atoms with E-state index in [0.29, 0.717) is 12.8 Å². The van der Waals surface area contributed by atoms with Gasteiger partial charge in [-0.3, -0.25) is 13.8 Å². The van der Waals surface area contributed by atoms with Crippen molar-refractivity contribution in [2.75, 3.05) is 6.61 Å². The van der Waals surface area contributed by atoms with Gasteiger partial charge in [0.15, 0.2) is 0 Å². The van der Waals surface area contributed by atoms with E-state index in [1.165, 1.54) is 122 Å². The van der Waals surface area contributed by atoms with Gasteiger partial charge in [0, 0.05) is 0 Å². The molecule has 0 aromatic heterocycles. The minimum atomic E-state index is -5.14. The fourth-order valence-electron chi connectivity index (χ4n) is 7.94. The third kappa shape index (κ3) is 29.3.